The van der Waals surface area contributed by atoms with E-state index >= 15 is 0 Å². The van der Waals surface area contributed by atoms with Crippen molar-refractivity contribution in [3.63, 3.8) is 0 Å². The Bertz CT molecular complexity index is 996. The summed E-state index contributed by atoms with van der Waals surface area (Å²) in [6.07, 6.45) is 0.930. The minimum Gasteiger partial charge on any atom is -0.497 e. The van der Waals surface area contributed by atoms with E-state index in [1.165, 1.54) is 5.56 Å². The van der Waals surface area contributed by atoms with Crippen molar-refractivity contribution in [2.24, 2.45) is 0 Å². The second-order valence-electron chi connectivity index (χ2n) is 6.48. The number of methoxy groups -OCH3 is 1. The molecule has 0 saturated heterocycles. The maximum atomic E-state index is 12.4. The van der Waals surface area contributed by atoms with Gasteiger partial charge >= 0.3 is 0 Å². The lowest BCUT2D eigenvalue weighted by atomic mass is 10.1. The largest absolute Gasteiger partial charge is 0.497 e. The van der Waals surface area contributed by atoms with E-state index in [0.717, 1.165) is 6.42 Å². The molecule has 1 N–H and O–H groups in total. The third-order valence-corrected chi connectivity index (χ3v) is 4.48. The summed E-state index contributed by atoms with van der Waals surface area (Å²) < 4.78 is 10.8. The van der Waals surface area contributed by atoms with E-state index < -0.39 is 0 Å². The van der Waals surface area contributed by atoms with Crippen LogP contribution >= 0.6 is 0 Å². The van der Waals surface area contributed by atoms with Crippen molar-refractivity contribution >= 4 is 17.4 Å². The summed E-state index contributed by atoms with van der Waals surface area (Å²) in [5.74, 6) is 0.763. The van der Waals surface area contributed by atoms with Crippen LogP contribution in [0.25, 0.3) is 0 Å². The fraction of sp³-hybridized carbons (Fsp3) is 0.167. The smallest absolute Gasteiger partial charge is 0.255 e. The highest BCUT2D eigenvalue weighted by Crippen LogP contribution is 2.20. The lowest BCUT2D eigenvalue weighted by Crippen LogP contribution is -2.13. The van der Waals surface area contributed by atoms with E-state index in [4.69, 9.17) is 9.47 Å². The Kier molecular flexibility index (Phi) is 6.63. The summed E-state index contributed by atoms with van der Waals surface area (Å²) in [4.78, 5) is 24.8. The van der Waals surface area contributed by atoms with Gasteiger partial charge in [0.15, 0.2) is 12.4 Å². The minimum atomic E-state index is -0.256. The van der Waals surface area contributed by atoms with E-state index in [-0.39, 0.29) is 18.3 Å². The van der Waals surface area contributed by atoms with Crippen LogP contribution in [0.2, 0.25) is 0 Å². The highest BCUT2D eigenvalue weighted by Gasteiger charge is 2.10. The number of rotatable bonds is 8. The Morgan fingerprint density at radius 1 is 0.862 bits per heavy atom. The van der Waals surface area contributed by atoms with Crippen LogP contribution in [0, 0.1) is 0 Å². The van der Waals surface area contributed by atoms with Crippen molar-refractivity contribution in [1.29, 1.82) is 0 Å². The second-order valence-corrected chi connectivity index (χ2v) is 6.48. The molecule has 0 unspecified atom stereocenters. The maximum absolute atomic E-state index is 12.4. The highest BCUT2D eigenvalue weighted by molar-refractivity contribution is 6.04. The monoisotopic (exact) mass is 389 g/mol. The van der Waals surface area contributed by atoms with Crippen molar-refractivity contribution in [3.8, 4) is 11.5 Å². The van der Waals surface area contributed by atoms with Crippen LogP contribution in [0.1, 0.15) is 33.2 Å². The number of hydrogen-bond donors (Lipinski definition) is 1. The quantitative estimate of drug-likeness (QED) is 0.564. The first-order chi connectivity index (χ1) is 14.1. The molecule has 3 rings (SSSR count). The molecule has 5 heteroatoms. The Labute approximate surface area is 170 Å². The van der Waals surface area contributed by atoms with Crippen molar-refractivity contribution < 1.29 is 19.1 Å². The standard InChI is InChI=1S/C24H23NO4/c1-3-17-10-12-18(13-11-17)23(26)16-29-22-9-5-7-20(15-22)25-24(27)19-6-4-8-21(14-19)28-2/h4-15H,3,16H2,1-2H3,(H,25,27). The van der Waals surface area contributed by atoms with E-state index in [1.807, 2.05) is 24.3 Å². The molecular weight excluding hydrogens is 366 g/mol. The van der Waals surface area contributed by atoms with Gasteiger partial charge in [-0.05, 0) is 42.3 Å². The number of hydrogen-bond acceptors (Lipinski definition) is 4. The molecule has 1 amide bonds. The SMILES string of the molecule is CCc1ccc(C(=O)COc2cccc(NC(=O)c3cccc(OC)c3)c2)cc1. The molecule has 148 valence electrons. The molecule has 0 radical (unpaired) electrons. The lowest BCUT2D eigenvalue weighted by Gasteiger charge is -2.10. The van der Waals surface area contributed by atoms with E-state index in [2.05, 4.69) is 12.2 Å². The van der Waals surface area contributed by atoms with Gasteiger partial charge in [-0.15, -0.1) is 0 Å². The Morgan fingerprint density at radius 3 is 2.31 bits per heavy atom. The molecule has 0 fully saturated rings. The lowest BCUT2D eigenvalue weighted by molar-refractivity contribution is 0.0920. The molecule has 0 heterocycles. The number of carbonyl (C=O) groups excluding carboxylic acids is 2. The molecule has 3 aromatic rings. The molecule has 5 nitrogen and oxygen atoms in total. The van der Waals surface area contributed by atoms with Crippen LogP contribution in [0.4, 0.5) is 5.69 Å². The molecule has 0 atom stereocenters. The first kappa shape index (κ1) is 20.1. The van der Waals surface area contributed by atoms with E-state index in [9.17, 15) is 9.59 Å². The summed E-state index contributed by atoms with van der Waals surface area (Å²) in [6, 6.07) is 21.4. The van der Waals surface area contributed by atoms with Gasteiger partial charge in [0.1, 0.15) is 11.5 Å². The average Bonchev–Trinajstić information content (AvgIpc) is 2.77. The van der Waals surface area contributed by atoms with Crippen LogP contribution in [0.15, 0.2) is 72.8 Å². The summed E-state index contributed by atoms with van der Waals surface area (Å²) in [5.41, 5.74) is 2.86. The number of ketones is 1. The zero-order valence-electron chi connectivity index (χ0n) is 16.5. The van der Waals surface area contributed by atoms with Crippen molar-refractivity contribution in [1.82, 2.24) is 0 Å². The molecule has 0 aliphatic heterocycles. The molecule has 29 heavy (non-hydrogen) atoms. The first-order valence-corrected chi connectivity index (χ1v) is 9.39. The van der Waals surface area contributed by atoms with Crippen LogP contribution in [-0.2, 0) is 6.42 Å². The maximum Gasteiger partial charge on any atom is 0.255 e. The van der Waals surface area contributed by atoms with Crippen LogP contribution in [0.3, 0.4) is 0 Å². The molecule has 0 bridgehead atoms. The molecule has 0 aliphatic carbocycles. The average molecular weight is 389 g/mol. The predicted molar refractivity (Wildman–Crippen MR) is 113 cm³/mol. The molecule has 0 saturated carbocycles. The van der Waals surface area contributed by atoms with Gasteiger partial charge in [-0.3, -0.25) is 9.59 Å². The Balaban J connectivity index is 1.61. The molecule has 3 aromatic carbocycles. The topological polar surface area (TPSA) is 64.6 Å². The minimum absolute atomic E-state index is 0.0707. The Hall–Kier alpha value is -3.60. The van der Waals surface area contributed by atoms with Crippen LogP contribution in [0.5, 0.6) is 11.5 Å². The van der Waals surface area contributed by atoms with E-state index in [1.54, 1.807) is 55.6 Å². The number of carbonyl (C=O) groups is 2. The molecule has 0 aromatic heterocycles. The number of aryl methyl sites for hydroxylation is 1. The number of amides is 1. The number of ether oxygens (including phenoxy) is 2. The molecule has 0 spiro atoms. The molecular formula is C24H23NO4. The van der Waals surface area contributed by atoms with Crippen molar-refractivity contribution in [2.45, 2.75) is 13.3 Å². The summed E-state index contributed by atoms with van der Waals surface area (Å²) in [5, 5.41) is 2.82. The summed E-state index contributed by atoms with van der Waals surface area (Å²) in [6.45, 7) is 2.00. The number of anilines is 1. The third-order valence-electron chi connectivity index (χ3n) is 4.48. The van der Waals surface area contributed by atoms with Crippen molar-refractivity contribution in [3.05, 3.63) is 89.5 Å². The third kappa shape index (κ3) is 5.45. The van der Waals surface area contributed by atoms with Gasteiger partial charge in [0, 0.05) is 22.9 Å². The predicted octanol–water partition coefficient (Wildman–Crippen LogP) is 4.77. The normalized spacial score (nSPS) is 10.3. The van der Waals surface area contributed by atoms with Gasteiger partial charge in [-0.25, -0.2) is 0 Å². The fourth-order valence-electron chi connectivity index (χ4n) is 2.79. The van der Waals surface area contributed by atoms with Gasteiger partial charge in [0.25, 0.3) is 5.91 Å². The van der Waals surface area contributed by atoms with Gasteiger partial charge in [0.2, 0.25) is 0 Å². The number of benzene rings is 3. The zero-order chi connectivity index (χ0) is 20.6. The summed E-state index contributed by atoms with van der Waals surface area (Å²) >= 11 is 0. The fourth-order valence-corrected chi connectivity index (χ4v) is 2.79. The van der Waals surface area contributed by atoms with Crippen molar-refractivity contribution in [2.75, 3.05) is 19.0 Å². The van der Waals surface area contributed by atoms with Gasteiger partial charge in [-0.2, -0.15) is 0 Å². The number of Topliss-reactive ketones (excluding diaryl/α,β-unsaturated/α-hetero) is 1. The highest BCUT2D eigenvalue weighted by atomic mass is 16.5. The zero-order valence-corrected chi connectivity index (χ0v) is 16.5. The Morgan fingerprint density at radius 2 is 1.59 bits per heavy atom. The second kappa shape index (κ2) is 9.55. The van der Waals surface area contributed by atoms with Crippen LogP contribution < -0.4 is 14.8 Å². The first-order valence-electron chi connectivity index (χ1n) is 9.39. The number of nitrogens with one attached hydrogen (secondary N) is 1. The molecule has 0 aliphatic rings. The van der Waals surface area contributed by atoms with E-state index in [0.29, 0.717) is 28.3 Å². The van der Waals surface area contributed by atoms with Gasteiger partial charge in [0.05, 0.1) is 7.11 Å². The van der Waals surface area contributed by atoms with Gasteiger partial charge in [-0.1, -0.05) is 43.3 Å². The summed E-state index contributed by atoms with van der Waals surface area (Å²) in [7, 11) is 1.55. The van der Waals surface area contributed by atoms with Gasteiger partial charge < -0.3 is 14.8 Å². The van der Waals surface area contributed by atoms with Crippen LogP contribution in [-0.4, -0.2) is 25.4 Å².